The average Bonchev–Trinajstić information content (AvgIpc) is 3.24. The Kier molecular flexibility index (Phi) is 5.06. The third-order valence-corrected chi connectivity index (χ3v) is 7.48. The van der Waals surface area contributed by atoms with Gasteiger partial charge in [0.1, 0.15) is 11.7 Å². The van der Waals surface area contributed by atoms with Gasteiger partial charge in [-0.15, -0.1) is 6.58 Å². The Morgan fingerprint density at radius 3 is 2.62 bits per heavy atom. The number of hydrogen-bond donors (Lipinski definition) is 2. The SMILES string of the molecule is C=CC[C@@]12C[C@H](OC)[C@@H](O)[C@@](OC)([C@H](c3cc(OC)c4c(c3)OCO4)[C@H]1C)[C@H]2O. The molecule has 1 aromatic rings. The van der Waals surface area contributed by atoms with E-state index in [9.17, 15) is 10.2 Å². The maximum atomic E-state index is 11.6. The van der Waals surface area contributed by atoms with Gasteiger partial charge in [-0.25, -0.2) is 0 Å². The molecule has 4 rings (SSSR count). The zero-order chi connectivity index (χ0) is 21.0. The molecule has 3 aliphatic rings. The molecule has 1 aromatic carbocycles. The summed E-state index contributed by atoms with van der Waals surface area (Å²) in [4.78, 5) is 0. The summed E-state index contributed by atoms with van der Waals surface area (Å²) in [6.45, 7) is 6.14. The quantitative estimate of drug-likeness (QED) is 0.701. The van der Waals surface area contributed by atoms with Crippen molar-refractivity contribution in [3.05, 3.63) is 30.4 Å². The van der Waals surface area contributed by atoms with E-state index >= 15 is 0 Å². The summed E-state index contributed by atoms with van der Waals surface area (Å²) >= 11 is 0. The van der Waals surface area contributed by atoms with Crippen LogP contribution in [0.2, 0.25) is 0 Å². The molecule has 7 nitrogen and oxygen atoms in total. The molecule has 0 amide bonds. The molecule has 1 heterocycles. The lowest BCUT2D eigenvalue weighted by atomic mass is 9.65. The molecule has 7 atom stereocenters. The summed E-state index contributed by atoms with van der Waals surface area (Å²) in [5, 5.41) is 22.9. The Morgan fingerprint density at radius 1 is 1.24 bits per heavy atom. The van der Waals surface area contributed by atoms with Crippen molar-refractivity contribution in [3.8, 4) is 17.2 Å². The van der Waals surface area contributed by atoms with Crippen LogP contribution in [0.25, 0.3) is 0 Å². The molecule has 0 spiro atoms. The van der Waals surface area contributed by atoms with Crippen LogP contribution in [0.5, 0.6) is 17.2 Å². The smallest absolute Gasteiger partial charge is 0.231 e. The number of rotatable bonds is 6. The summed E-state index contributed by atoms with van der Waals surface area (Å²) in [7, 11) is 4.70. The molecule has 0 aromatic heterocycles. The maximum Gasteiger partial charge on any atom is 0.231 e. The Bertz CT molecular complexity index is 796. The first-order chi connectivity index (χ1) is 13.9. The number of ether oxygens (including phenoxy) is 5. The van der Waals surface area contributed by atoms with Crippen LogP contribution in [-0.4, -0.2) is 62.2 Å². The number of aliphatic hydroxyl groups excluding tert-OH is 2. The van der Waals surface area contributed by atoms with E-state index in [0.29, 0.717) is 30.1 Å². The fourth-order valence-corrected chi connectivity index (χ4v) is 6.11. The van der Waals surface area contributed by atoms with Gasteiger partial charge in [-0.05, 0) is 36.5 Å². The van der Waals surface area contributed by atoms with Gasteiger partial charge in [-0.3, -0.25) is 0 Å². The van der Waals surface area contributed by atoms with Crippen molar-refractivity contribution in [2.45, 2.75) is 49.6 Å². The van der Waals surface area contributed by atoms with Gasteiger partial charge in [0.15, 0.2) is 11.5 Å². The van der Waals surface area contributed by atoms with Crippen LogP contribution in [0.4, 0.5) is 0 Å². The van der Waals surface area contributed by atoms with Crippen molar-refractivity contribution in [1.29, 1.82) is 0 Å². The summed E-state index contributed by atoms with van der Waals surface area (Å²) in [6, 6.07) is 3.79. The second kappa shape index (κ2) is 7.16. The molecule has 2 saturated carbocycles. The largest absolute Gasteiger partial charge is 0.493 e. The number of aliphatic hydroxyl groups is 2. The van der Waals surface area contributed by atoms with Gasteiger partial charge in [-0.2, -0.15) is 0 Å². The molecule has 7 heteroatoms. The van der Waals surface area contributed by atoms with Crippen molar-refractivity contribution in [2.75, 3.05) is 28.1 Å². The van der Waals surface area contributed by atoms with E-state index in [1.54, 1.807) is 21.3 Å². The predicted octanol–water partition coefficient (Wildman–Crippen LogP) is 2.25. The standard InChI is InChI=1S/C22H30O7/c1-6-7-21-10-16(26-4)19(23)22(27-5,20(21)24)17(12(21)2)13-8-14(25-3)18-15(9-13)28-11-29-18/h6,8-9,12,16-17,19-20,23-24H,1,7,10-11H2,2-5H3/t12-,16+,17+,19-,20+,21-,22+/m1/s1. The van der Waals surface area contributed by atoms with Gasteiger partial charge < -0.3 is 33.9 Å². The van der Waals surface area contributed by atoms with Gasteiger partial charge in [-0.1, -0.05) is 13.0 Å². The van der Waals surface area contributed by atoms with Crippen LogP contribution in [-0.2, 0) is 9.47 Å². The Morgan fingerprint density at radius 2 is 2.00 bits per heavy atom. The van der Waals surface area contributed by atoms with E-state index in [4.69, 9.17) is 23.7 Å². The molecule has 2 aliphatic carbocycles. The molecule has 2 N–H and O–H groups in total. The molecule has 0 radical (unpaired) electrons. The highest BCUT2D eigenvalue weighted by atomic mass is 16.7. The summed E-state index contributed by atoms with van der Waals surface area (Å²) in [6.07, 6.45) is 0.579. The fourth-order valence-electron chi connectivity index (χ4n) is 6.11. The summed E-state index contributed by atoms with van der Waals surface area (Å²) in [5.74, 6) is 1.36. The third kappa shape index (κ3) is 2.51. The number of hydrogen-bond acceptors (Lipinski definition) is 7. The molecule has 0 unspecified atom stereocenters. The minimum atomic E-state index is -1.24. The normalized spacial score (nSPS) is 40.1. The average molecular weight is 406 g/mol. The zero-order valence-electron chi connectivity index (χ0n) is 17.4. The molecule has 1 aliphatic heterocycles. The maximum absolute atomic E-state index is 11.6. The Hall–Kier alpha value is -1.80. The van der Waals surface area contributed by atoms with Gasteiger partial charge in [0.2, 0.25) is 12.5 Å². The summed E-state index contributed by atoms with van der Waals surface area (Å²) < 4.78 is 28.3. The van der Waals surface area contributed by atoms with Gasteiger partial charge >= 0.3 is 0 Å². The third-order valence-electron chi connectivity index (χ3n) is 7.48. The molecular weight excluding hydrogens is 376 g/mol. The van der Waals surface area contributed by atoms with E-state index in [1.165, 1.54) is 0 Å². The number of allylic oxidation sites excluding steroid dienone is 1. The minimum Gasteiger partial charge on any atom is -0.493 e. The second-order valence-corrected chi connectivity index (χ2v) is 8.33. The highest BCUT2D eigenvalue weighted by Gasteiger charge is 2.73. The van der Waals surface area contributed by atoms with Crippen LogP contribution >= 0.6 is 0 Å². The topological polar surface area (TPSA) is 86.6 Å². The predicted molar refractivity (Wildman–Crippen MR) is 105 cm³/mol. The molecule has 160 valence electrons. The minimum absolute atomic E-state index is 0.0321. The lowest BCUT2D eigenvalue weighted by molar-refractivity contribution is -0.236. The molecule has 29 heavy (non-hydrogen) atoms. The van der Waals surface area contributed by atoms with Crippen molar-refractivity contribution in [2.24, 2.45) is 11.3 Å². The van der Waals surface area contributed by atoms with E-state index in [2.05, 4.69) is 13.5 Å². The first-order valence-corrected chi connectivity index (χ1v) is 9.93. The van der Waals surface area contributed by atoms with Crippen LogP contribution in [0.15, 0.2) is 24.8 Å². The van der Waals surface area contributed by atoms with Crippen molar-refractivity contribution in [3.63, 3.8) is 0 Å². The van der Waals surface area contributed by atoms with Gasteiger partial charge in [0.25, 0.3) is 0 Å². The second-order valence-electron chi connectivity index (χ2n) is 8.33. The van der Waals surface area contributed by atoms with E-state index < -0.39 is 29.3 Å². The van der Waals surface area contributed by atoms with Crippen molar-refractivity contribution >= 4 is 0 Å². The number of benzene rings is 1. The summed E-state index contributed by atoms with van der Waals surface area (Å²) in [5.41, 5.74) is -0.910. The van der Waals surface area contributed by atoms with Crippen molar-refractivity contribution < 1.29 is 33.9 Å². The van der Waals surface area contributed by atoms with E-state index in [-0.39, 0.29) is 18.6 Å². The highest BCUT2D eigenvalue weighted by molar-refractivity contribution is 5.57. The molecular formula is C22H30O7. The van der Waals surface area contributed by atoms with E-state index in [0.717, 1.165) is 5.56 Å². The lowest BCUT2D eigenvalue weighted by Crippen LogP contribution is -2.65. The van der Waals surface area contributed by atoms with Crippen LogP contribution in [0, 0.1) is 11.3 Å². The van der Waals surface area contributed by atoms with Crippen LogP contribution in [0.1, 0.15) is 31.2 Å². The molecule has 2 bridgehead atoms. The number of fused-ring (bicyclic) bond motifs is 3. The van der Waals surface area contributed by atoms with Gasteiger partial charge in [0.05, 0.1) is 19.3 Å². The monoisotopic (exact) mass is 406 g/mol. The fraction of sp³-hybridized carbons (Fsp3) is 0.636. The lowest BCUT2D eigenvalue weighted by Gasteiger charge is -2.50. The van der Waals surface area contributed by atoms with Gasteiger partial charge in [0, 0.05) is 25.6 Å². The molecule has 2 fully saturated rings. The van der Waals surface area contributed by atoms with E-state index in [1.807, 2.05) is 18.2 Å². The zero-order valence-corrected chi connectivity index (χ0v) is 17.4. The Balaban J connectivity index is 1.92. The first-order valence-electron chi connectivity index (χ1n) is 9.93. The molecule has 0 saturated heterocycles. The highest BCUT2D eigenvalue weighted by Crippen LogP contribution is 2.66. The van der Waals surface area contributed by atoms with Crippen LogP contribution in [0.3, 0.4) is 0 Å². The Labute approximate surface area is 171 Å². The number of methoxy groups -OCH3 is 3. The van der Waals surface area contributed by atoms with Crippen LogP contribution < -0.4 is 14.2 Å². The first kappa shape index (κ1) is 20.5. The van der Waals surface area contributed by atoms with Crippen molar-refractivity contribution in [1.82, 2.24) is 0 Å².